The molecule has 0 spiro atoms. The molecule has 0 amide bonds. The number of benzene rings is 2. The van der Waals surface area contributed by atoms with Gasteiger partial charge < -0.3 is 14.4 Å². The molecule has 0 aromatic heterocycles. The molecule has 0 saturated carbocycles. The van der Waals surface area contributed by atoms with Gasteiger partial charge in [-0.05, 0) is 55.8 Å². The summed E-state index contributed by atoms with van der Waals surface area (Å²) >= 11 is 12.1. The van der Waals surface area contributed by atoms with Gasteiger partial charge >= 0.3 is 6.36 Å². The fraction of sp³-hybridized carbons (Fsp3) is 0.400. The van der Waals surface area contributed by atoms with E-state index >= 15 is 0 Å². The van der Waals surface area contributed by atoms with E-state index < -0.39 is 24.0 Å². The van der Waals surface area contributed by atoms with Crippen molar-refractivity contribution in [1.82, 2.24) is 4.90 Å². The van der Waals surface area contributed by atoms with Gasteiger partial charge in [0.15, 0.2) is 0 Å². The highest BCUT2D eigenvalue weighted by atomic mass is 35.5. The Morgan fingerprint density at radius 2 is 1.72 bits per heavy atom. The molecule has 3 nitrogen and oxygen atoms in total. The van der Waals surface area contributed by atoms with Gasteiger partial charge in [-0.25, -0.2) is 4.39 Å². The quantitative estimate of drug-likeness (QED) is 0.502. The minimum Gasteiger partial charge on any atom is -0.406 e. The molecule has 2 aromatic rings. The van der Waals surface area contributed by atoms with Gasteiger partial charge in [-0.1, -0.05) is 29.3 Å². The second-order valence-corrected chi connectivity index (χ2v) is 7.74. The summed E-state index contributed by atoms with van der Waals surface area (Å²) in [6, 6.07) is 7.54. The summed E-state index contributed by atoms with van der Waals surface area (Å²) in [4.78, 5) is 2.15. The molecular formula is C20H19Cl2F4NO2. The lowest BCUT2D eigenvalue weighted by atomic mass is 9.99. The van der Waals surface area contributed by atoms with Crippen LogP contribution in [0.15, 0.2) is 36.4 Å². The molecule has 0 radical (unpaired) electrons. The first-order valence-corrected chi connectivity index (χ1v) is 9.72. The van der Waals surface area contributed by atoms with Crippen LogP contribution in [0.5, 0.6) is 5.75 Å². The van der Waals surface area contributed by atoms with Gasteiger partial charge in [-0.2, -0.15) is 0 Å². The second kappa shape index (κ2) is 9.08. The maximum Gasteiger partial charge on any atom is 0.573 e. The minimum absolute atomic E-state index is 0.0657. The SMILES string of the molecule is CN1CCC(OC(c2ccc(Cl)c(Cl)c2)c2cc(OC(F)(F)F)ccc2F)CC1. The molecule has 9 heteroatoms. The van der Waals surface area contributed by atoms with Crippen LogP contribution in [0.3, 0.4) is 0 Å². The highest BCUT2D eigenvalue weighted by molar-refractivity contribution is 6.42. The molecule has 1 unspecified atom stereocenters. The highest BCUT2D eigenvalue weighted by Crippen LogP contribution is 2.36. The van der Waals surface area contributed by atoms with Crippen LogP contribution in [0.1, 0.15) is 30.1 Å². The van der Waals surface area contributed by atoms with E-state index in [0.717, 1.165) is 31.3 Å². The van der Waals surface area contributed by atoms with Crippen LogP contribution in [-0.4, -0.2) is 37.5 Å². The van der Waals surface area contributed by atoms with E-state index in [-0.39, 0.29) is 16.7 Å². The van der Waals surface area contributed by atoms with Gasteiger partial charge in [-0.15, -0.1) is 13.2 Å². The summed E-state index contributed by atoms with van der Waals surface area (Å²) in [5.74, 6) is -1.23. The summed E-state index contributed by atoms with van der Waals surface area (Å²) in [5.41, 5.74) is 0.422. The van der Waals surface area contributed by atoms with Gasteiger partial charge in [0.25, 0.3) is 0 Å². The monoisotopic (exact) mass is 451 g/mol. The molecule has 158 valence electrons. The van der Waals surface area contributed by atoms with Crippen LogP contribution in [0.4, 0.5) is 17.6 Å². The van der Waals surface area contributed by atoms with E-state index in [9.17, 15) is 17.6 Å². The van der Waals surface area contributed by atoms with Gasteiger partial charge in [0.05, 0.1) is 16.1 Å². The van der Waals surface area contributed by atoms with E-state index in [2.05, 4.69) is 9.64 Å². The molecule has 0 aliphatic carbocycles. The van der Waals surface area contributed by atoms with Crippen LogP contribution < -0.4 is 4.74 Å². The summed E-state index contributed by atoms with van der Waals surface area (Å²) in [6.45, 7) is 1.61. The van der Waals surface area contributed by atoms with Crippen molar-refractivity contribution in [3.63, 3.8) is 0 Å². The Hall–Kier alpha value is -1.54. The van der Waals surface area contributed by atoms with Crippen molar-refractivity contribution in [3.05, 3.63) is 63.4 Å². The fourth-order valence-electron chi connectivity index (χ4n) is 3.24. The number of halogens is 6. The molecule has 0 bridgehead atoms. The number of hydrogen-bond acceptors (Lipinski definition) is 3. The number of hydrogen-bond donors (Lipinski definition) is 0. The van der Waals surface area contributed by atoms with Crippen molar-refractivity contribution >= 4 is 23.2 Å². The maximum atomic E-state index is 14.7. The van der Waals surface area contributed by atoms with E-state index in [4.69, 9.17) is 27.9 Å². The Morgan fingerprint density at radius 1 is 1.03 bits per heavy atom. The third-order valence-corrected chi connectivity index (χ3v) is 5.46. The summed E-state index contributed by atoms with van der Waals surface area (Å²) in [7, 11) is 1.99. The van der Waals surface area contributed by atoms with Gasteiger partial charge in [0, 0.05) is 18.7 Å². The van der Waals surface area contributed by atoms with E-state index in [1.54, 1.807) is 6.07 Å². The molecule has 3 rings (SSSR count). The first-order valence-electron chi connectivity index (χ1n) is 8.96. The van der Waals surface area contributed by atoms with Gasteiger partial charge in [-0.3, -0.25) is 0 Å². The van der Waals surface area contributed by atoms with Crippen LogP contribution in [0.25, 0.3) is 0 Å². The van der Waals surface area contributed by atoms with Crippen LogP contribution >= 0.6 is 23.2 Å². The number of ether oxygens (including phenoxy) is 2. The molecule has 1 heterocycles. The van der Waals surface area contributed by atoms with Gasteiger partial charge in [0.2, 0.25) is 0 Å². The lowest BCUT2D eigenvalue weighted by Gasteiger charge is -2.32. The van der Waals surface area contributed by atoms with Gasteiger partial charge in [0.1, 0.15) is 17.7 Å². The van der Waals surface area contributed by atoms with E-state index in [1.165, 1.54) is 12.1 Å². The summed E-state index contributed by atoms with van der Waals surface area (Å²) in [5, 5.41) is 0.548. The topological polar surface area (TPSA) is 21.7 Å². The largest absolute Gasteiger partial charge is 0.573 e. The van der Waals surface area contributed by atoms with E-state index in [0.29, 0.717) is 23.4 Å². The average Bonchev–Trinajstić information content (AvgIpc) is 2.64. The number of piperidine rings is 1. The normalized spacial score (nSPS) is 17.3. The molecule has 1 aliphatic heterocycles. The van der Waals surface area contributed by atoms with Crippen molar-refractivity contribution in [3.8, 4) is 5.75 Å². The average molecular weight is 452 g/mol. The minimum atomic E-state index is -4.89. The Bertz CT molecular complexity index is 855. The van der Waals surface area contributed by atoms with Crippen molar-refractivity contribution < 1.29 is 27.0 Å². The maximum absolute atomic E-state index is 14.7. The van der Waals surface area contributed by atoms with Crippen LogP contribution in [0.2, 0.25) is 10.0 Å². The second-order valence-electron chi connectivity index (χ2n) is 6.92. The smallest absolute Gasteiger partial charge is 0.406 e. The lowest BCUT2D eigenvalue weighted by molar-refractivity contribution is -0.274. The fourth-order valence-corrected chi connectivity index (χ4v) is 3.55. The highest BCUT2D eigenvalue weighted by Gasteiger charge is 2.32. The third kappa shape index (κ3) is 5.98. The first kappa shape index (κ1) is 22.2. The molecule has 2 aromatic carbocycles. The standard InChI is InChI=1S/C20H19Cl2F4NO2/c1-27-8-6-13(7-9-27)28-19(12-2-4-16(21)17(22)10-12)15-11-14(3-5-18(15)23)29-20(24,25)26/h2-5,10-11,13,19H,6-9H2,1H3. The number of nitrogens with zero attached hydrogens (tertiary/aromatic N) is 1. The third-order valence-electron chi connectivity index (χ3n) is 4.72. The zero-order valence-electron chi connectivity index (χ0n) is 15.5. The van der Waals surface area contributed by atoms with E-state index in [1.807, 2.05) is 7.05 Å². The predicted octanol–water partition coefficient (Wildman–Crippen LogP) is 6.23. The molecule has 0 N–H and O–H groups in total. The molecule has 1 aliphatic rings. The molecule has 1 saturated heterocycles. The Kier molecular flexibility index (Phi) is 6.94. The number of alkyl halides is 3. The van der Waals surface area contributed by atoms with Crippen LogP contribution in [0, 0.1) is 5.82 Å². The van der Waals surface area contributed by atoms with Crippen LogP contribution in [-0.2, 0) is 4.74 Å². The zero-order chi connectivity index (χ0) is 21.2. The molecule has 1 atom stereocenters. The zero-order valence-corrected chi connectivity index (χ0v) is 17.0. The van der Waals surface area contributed by atoms with Crippen molar-refractivity contribution in [1.29, 1.82) is 0 Å². The molecule has 29 heavy (non-hydrogen) atoms. The Labute approximate surface area is 176 Å². The summed E-state index contributed by atoms with van der Waals surface area (Å²) < 4.78 is 62.6. The molecular weight excluding hydrogens is 433 g/mol. The molecule has 1 fully saturated rings. The predicted molar refractivity (Wildman–Crippen MR) is 103 cm³/mol. The Balaban J connectivity index is 1.97. The first-order chi connectivity index (χ1) is 13.6. The van der Waals surface area contributed by atoms with Crippen molar-refractivity contribution in [2.75, 3.05) is 20.1 Å². The number of likely N-dealkylation sites (tertiary alicyclic amines) is 1. The lowest BCUT2D eigenvalue weighted by Crippen LogP contribution is -2.35. The Morgan fingerprint density at radius 3 is 2.34 bits per heavy atom. The summed E-state index contributed by atoms with van der Waals surface area (Å²) in [6.07, 6.45) is -4.60. The van der Waals surface area contributed by atoms with Crippen molar-refractivity contribution in [2.45, 2.75) is 31.4 Å². The number of rotatable bonds is 5. The van der Waals surface area contributed by atoms with Crippen molar-refractivity contribution in [2.24, 2.45) is 0 Å².